The van der Waals surface area contributed by atoms with E-state index in [0.717, 1.165) is 26.2 Å². The van der Waals surface area contributed by atoms with E-state index in [1.165, 1.54) is 64.2 Å². The minimum atomic E-state index is -0.741. The van der Waals surface area contributed by atoms with E-state index < -0.39 is 5.97 Å². The molecule has 0 aliphatic heterocycles. The van der Waals surface area contributed by atoms with Crippen LogP contribution in [0.25, 0.3) is 0 Å². The van der Waals surface area contributed by atoms with Crippen molar-refractivity contribution in [3.8, 4) is 0 Å². The van der Waals surface area contributed by atoms with Crippen LogP contribution in [0.1, 0.15) is 91.9 Å². The number of nitrogens with zero attached hydrogens (tertiary/aromatic N) is 1. The van der Waals surface area contributed by atoms with Gasteiger partial charge in [-0.1, -0.05) is 65.2 Å². The largest absolute Gasteiger partial charge is 0.480 e. The first kappa shape index (κ1) is 26.4. The van der Waals surface area contributed by atoms with E-state index in [1.54, 1.807) is 0 Å². The van der Waals surface area contributed by atoms with Crippen molar-refractivity contribution in [2.75, 3.05) is 32.7 Å². The number of hydrogen-bond donors (Lipinski definition) is 3. The Morgan fingerprint density at radius 1 is 0.815 bits per heavy atom. The fourth-order valence-electron chi connectivity index (χ4n) is 3.36. The van der Waals surface area contributed by atoms with Crippen molar-refractivity contribution in [3.05, 3.63) is 0 Å². The van der Waals surface area contributed by atoms with Crippen LogP contribution in [-0.2, 0) is 4.79 Å². The summed E-state index contributed by atoms with van der Waals surface area (Å²) in [6.07, 6.45) is 12.8. The number of rotatable bonds is 20. The Hall–Kier alpha value is -0.650. The number of hydrogen-bond acceptors (Lipinski definition) is 4. The fraction of sp³-hybridized carbons (Fsp3) is 0.955. The lowest BCUT2D eigenvalue weighted by Gasteiger charge is -2.23. The highest BCUT2D eigenvalue weighted by molar-refractivity contribution is 5.69. The Labute approximate surface area is 168 Å². The highest BCUT2D eigenvalue weighted by atomic mass is 16.4. The van der Waals surface area contributed by atoms with Crippen LogP contribution in [0.3, 0.4) is 0 Å². The van der Waals surface area contributed by atoms with Crippen LogP contribution in [0.15, 0.2) is 0 Å². The number of carboxylic acids is 1. The third kappa shape index (κ3) is 18.5. The van der Waals surface area contributed by atoms with Gasteiger partial charge in [0.05, 0.1) is 6.54 Å². The van der Waals surface area contributed by atoms with Crippen molar-refractivity contribution >= 4 is 5.97 Å². The van der Waals surface area contributed by atoms with Gasteiger partial charge in [-0.05, 0) is 26.7 Å². The van der Waals surface area contributed by atoms with Gasteiger partial charge in [0.2, 0.25) is 0 Å². The first-order valence-electron chi connectivity index (χ1n) is 11.4. The summed E-state index contributed by atoms with van der Waals surface area (Å²) in [6, 6.07) is 1.02. The number of carbonyl (C=O) groups is 1. The molecule has 0 spiro atoms. The Morgan fingerprint density at radius 2 is 1.26 bits per heavy atom. The Balaban J connectivity index is 3.91. The molecule has 0 bridgehead atoms. The molecule has 0 saturated carbocycles. The zero-order valence-corrected chi connectivity index (χ0v) is 18.6. The topological polar surface area (TPSA) is 64.6 Å². The molecule has 5 nitrogen and oxygen atoms in total. The van der Waals surface area contributed by atoms with Gasteiger partial charge in [0.1, 0.15) is 0 Å². The normalized spacial score (nSPS) is 13.8. The van der Waals surface area contributed by atoms with Crippen molar-refractivity contribution in [1.82, 2.24) is 15.5 Å². The molecule has 0 aliphatic rings. The molecule has 0 saturated heterocycles. The molecule has 2 unspecified atom stereocenters. The average molecular weight is 386 g/mol. The predicted molar refractivity (Wildman–Crippen MR) is 117 cm³/mol. The van der Waals surface area contributed by atoms with E-state index in [9.17, 15) is 4.79 Å². The van der Waals surface area contributed by atoms with Gasteiger partial charge >= 0.3 is 5.97 Å². The second kappa shape index (κ2) is 18.7. The summed E-state index contributed by atoms with van der Waals surface area (Å²) in [6.45, 7) is 12.4. The maximum absolute atomic E-state index is 11.1. The molecule has 3 N–H and O–H groups in total. The lowest BCUT2D eigenvalue weighted by Crippen LogP contribution is -2.42. The molecule has 0 heterocycles. The maximum atomic E-state index is 11.1. The first-order chi connectivity index (χ1) is 13.0. The van der Waals surface area contributed by atoms with Gasteiger partial charge < -0.3 is 15.7 Å². The molecule has 0 rings (SSSR count). The van der Waals surface area contributed by atoms with Crippen molar-refractivity contribution in [1.29, 1.82) is 0 Å². The van der Waals surface area contributed by atoms with Crippen LogP contribution < -0.4 is 10.6 Å². The molecular formula is C22H47N3O2. The van der Waals surface area contributed by atoms with Crippen LogP contribution in [0.5, 0.6) is 0 Å². The molecule has 0 aliphatic carbocycles. The van der Waals surface area contributed by atoms with Crippen molar-refractivity contribution in [2.24, 2.45) is 0 Å². The van der Waals surface area contributed by atoms with E-state index >= 15 is 0 Å². The van der Waals surface area contributed by atoms with Crippen LogP contribution in [0, 0.1) is 0 Å². The molecule has 0 fully saturated rings. The van der Waals surface area contributed by atoms with Crippen molar-refractivity contribution in [2.45, 2.75) is 104 Å². The molecule has 27 heavy (non-hydrogen) atoms. The Morgan fingerprint density at radius 3 is 1.63 bits per heavy atom. The second-order valence-electron chi connectivity index (χ2n) is 8.08. The van der Waals surface area contributed by atoms with Crippen molar-refractivity contribution < 1.29 is 9.90 Å². The molecule has 0 radical (unpaired) electrons. The van der Waals surface area contributed by atoms with Gasteiger partial charge in [-0.2, -0.15) is 0 Å². The zero-order chi connectivity index (χ0) is 20.3. The van der Waals surface area contributed by atoms with Gasteiger partial charge in [0.15, 0.2) is 0 Å². The predicted octanol–water partition coefficient (Wildman–Crippen LogP) is 4.27. The van der Waals surface area contributed by atoms with E-state index in [4.69, 9.17) is 5.11 Å². The van der Waals surface area contributed by atoms with Gasteiger partial charge in [-0.3, -0.25) is 9.69 Å². The average Bonchev–Trinajstić information content (AvgIpc) is 2.62. The SMILES string of the molecule is CCCCCCC(C)NCCN(CCNC(C)CCCCCC)CC(=O)O. The van der Waals surface area contributed by atoms with Crippen LogP contribution in [0.2, 0.25) is 0 Å². The summed E-state index contributed by atoms with van der Waals surface area (Å²) in [5, 5.41) is 16.2. The first-order valence-corrected chi connectivity index (χ1v) is 11.4. The Kier molecular flexibility index (Phi) is 18.3. The summed E-state index contributed by atoms with van der Waals surface area (Å²) in [5.74, 6) is -0.741. The Bertz CT molecular complexity index is 316. The van der Waals surface area contributed by atoms with Gasteiger partial charge in [-0.15, -0.1) is 0 Å². The third-order valence-corrected chi connectivity index (χ3v) is 5.18. The number of aliphatic carboxylic acids is 1. The summed E-state index contributed by atoms with van der Waals surface area (Å²) >= 11 is 0. The summed E-state index contributed by atoms with van der Waals surface area (Å²) in [7, 11) is 0. The second-order valence-corrected chi connectivity index (χ2v) is 8.08. The summed E-state index contributed by atoms with van der Waals surface area (Å²) < 4.78 is 0. The zero-order valence-electron chi connectivity index (χ0n) is 18.6. The highest BCUT2D eigenvalue weighted by Crippen LogP contribution is 2.06. The lowest BCUT2D eigenvalue weighted by atomic mass is 10.1. The van der Waals surface area contributed by atoms with Gasteiger partial charge in [0, 0.05) is 38.3 Å². The monoisotopic (exact) mass is 385 g/mol. The highest BCUT2D eigenvalue weighted by Gasteiger charge is 2.11. The lowest BCUT2D eigenvalue weighted by molar-refractivity contribution is -0.138. The molecule has 0 aromatic rings. The summed E-state index contributed by atoms with van der Waals surface area (Å²) in [4.78, 5) is 13.2. The summed E-state index contributed by atoms with van der Waals surface area (Å²) in [5.41, 5.74) is 0. The molecule has 162 valence electrons. The maximum Gasteiger partial charge on any atom is 0.317 e. The van der Waals surface area contributed by atoms with E-state index in [-0.39, 0.29) is 6.54 Å². The van der Waals surface area contributed by atoms with Crippen molar-refractivity contribution in [3.63, 3.8) is 0 Å². The van der Waals surface area contributed by atoms with E-state index in [0.29, 0.717) is 12.1 Å². The van der Waals surface area contributed by atoms with Crippen LogP contribution in [-0.4, -0.2) is 60.8 Å². The third-order valence-electron chi connectivity index (χ3n) is 5.18. The molecule has 0 aromatic carbocycles. The van der Waals surface area contributed by atoms with Gasteiger partial charge in [-0.25, -0.2) is 0 Å². The number of carboxylic acid groups (broad SMARTS) is 1. The van der Waals surface area contributed by atoms with Gasteiger partial charge in [0.25, 0.3) is 0 Å². The molecule has 0 aromatic heterocycles. The number of nitrogens with one attached hydrogen (secondary N) is 2. The van der Waals surface area contributed by atoms with Crippen LogP contribution >= 0.6 is 0 Å². The smallest absolute Gasteiger partial charge is 0.317 e. The molecule has 0 amide bonds. The van der Waals surface area contributed by atoms with E-state index in [2.05, 4.69) is 38.3 Å². The quantitative estimate of drug-likeness (QED) is 0.273. The van der Waals surface area contributed by atoms with Crippen LogP contribution in [0.4, 0.5) is 0 Å². The standard InChI is InChI=1S/C22H47N3O2/c1-5-7-9-11-13-20(3)23-15-17-25(19-22(26)27)18-16-24-21(4)14-12-10-8-6-2/h20-21,23-24H,5-19H2,1-4H3,(H,26,27). The van der Waals surface area contributed by atoms with E-state index in [1.807, 2.05) is 4.90 Å². The minimum absolute atomic E-state index is 0.124. The number of unbranched alkanes of at least 4 members (excludes halogenated alkanes) is 6. The molecule has 2 atom stereocenters. The minimum Gasteiger partial charge on any atom is -0.480 e. The molecular weight excluding hydrogens is 338 g/mol. The fourth-order valence-corrected chi connectivity index (χ4v) is 3.36. The molecule has 5 heteroatoms.